The lowest BCUT2D eigenvalue weighted by Crippen LogP contribution is -2.22. The van der Waals surface area contributed by atoms with Crippen LogP contribution in [0.4, 0.5) is 0 Å². The third-order valence-corrected chi connectivity index (χ3v) is 6.93. The van der Waals surface area contributed by atoms with E-state index in [9.17, 15) is 5.11 Å². The standard InChI is InChI=1S/C22H23OP/c23-17-20(16-19-10-4-1-5-11-19)18-24(21-12-6-2-7-13-21)22-14-8-3-9-15-22/h1-15,20,23H,16-18H2/t20-/m1/s1. The van der Waals surface area contributed by atoms with Crippen molar-refractivity contribution in [2.75, 3.05) is 12.8 Å². The first-order valence-electron chi connectivity index (χ1n) is 8.39. The van der Waals surface area contributed by atoms with Gasteiger partial charge in [-0.15, -0.1) is 0 Å². The molecule has 0 aliphatic carbocycles. The average molecular weight is 334 g/mol. The Morgan fingerprint density at radius 1 is 0.667 bits per heavy atom. The van der Waals surface area contributed by atoms with Gasteiger partial charge in [0, 0.05) is 6.61 Å². The van der Waals surface area contributed by atoms with E-state index >= 15 is 0 Å². The Morgan fingerprint density at radius 3 is 1.58 bits per heavy atom. The zero-order chi connectivity index (χ0) is 16.6. The third kappa shape index (κ3) is 4.54. The molecular weight excluding hydrogens is 311 g/mol. The van der Waals surface area contributed by atoms with Crippen LogP contribution in [0.15, 0.2) is 91.0 Å². The van der Waals surface area contributed by atoms with Gasteiger partial charge in [0.25, 0.3) is 0 Å². The van der Waals surface area contributed by atoms with Crippen molar-refractivity contribution in [3.8, 4) is 0 Å². The molecule has 0 radical (unpaired) electrons. The molecule has 3 rings (SSSR count). The fourth-order valence-electron chi connectivity index (χ4n) is 2.97. The minimum atomic E-state index is -0.452. The van der Waals surface area contributed by atoms with Gasteiger partial charge in [-0.3, -0.25) is 0 Å². The van der Waals surface area contributed by atoms with E-state index in [4.69, 9.17) is 0 Å². The lowest BCUT2D eigenvalue weighted by atomic mass is 10.0. The summed E-state index contributed by atoms with van der Waals surface area (Å²) in [6, 6.07) is 31.9. The zero-order valence-electron chi connectivity index (χ0n) is 13.8. The Hall–Kier alpha value is -1.95. The summed E-state index contributed by atoms with van der Waals surface area (Å²) in [6.07, 6.45) is 1.94. The summed E-state index contributed by atoms with van der Waals surface area (Å²) in [7, 11) is -0.452. The van der Waals surface area contributed by atoms with Crippen molar-refractivity contribution in [2.45, 2.75) is 6.42 Å². The molecule has 122 valence electrons. The van der Waals surface area contributed by atoms with E-state index in [2.05, 4.69) is 84.9 Å². The molecule has 0 heterocycles. The maximum absolute atomic E-state index is 9.94. The number of hydrogen-bond acceptors (Lipinski definition) is 1. The Balaban J connectivity index is 1.83. The van der Waals surface area contributed by atoms with E-state index in [1.165, 1.54) is 16.2 Å². The first-order valence-corrected chi connectivity index (χ1v) is 9.92. The van der Waals surface area contributed by atoms with Crippen LogP contribution in [0.3, 0.4) is 0 Å². The van der Waals surface area contributed by atoms with Crippen LogP contribution < -0.4 is 10.6 Å². The van der Waals surface area contributed by atoms with Gasteiger partial charge in [-0.2, -0.15) is 0 Å². The highest BCUT2D eigenvalue weighted by molar-refractivity contribution is 7.73. The molecule has 0 aliphatic rings. The van der Waals surface area contributed by atoms with Crippen LogP contribution in [0.5, 0.6) is 0 Å². The van der Waals surface area contributed by atoms with E-state index in [-0.39, 0.29) is 12.5 Å². The van der Waals surface area contributed by atoms with Crippen molar-refractivity contribution in [3.63, 3.8) is 0 Å². The van der Waals surface area contributed by atoms with Gasteiger partial charge in [0.1, 0.15) is 0 Å². The Bertz CT molecular complexity index is 673. The minimum absolute atomic E-state index is 0.230. The molecule has 0 saturated carbocycles. The summed E-state index contributed by atoms with van der Waals surface area (Å²) in [5.41, 5.74) is 1.30. The second-order valence-corrected chi connectivity index (χ2v) is 8.27. The molecule has 24 heavy (non-hydrogen) atoms. The molecule has 0 fully saturated rings. The number of aliphatic hydroxyl groups excluding tert-OH is 1. The van der Waals surface area contributed by atoms with Gasteiger partial charge >= 0.3 is 0 Å². The summed E-state index contributed by atoms with van der Waals surface area (Å²) in [5.74, 6) is 0.277. The van der Waals surface area contributed by atoms with Crippen LogP contribution in [0, 0.1) is 5.92 Å². The molecule has 0 unspecified atom stereocenters. The van der Waals surface area contributed by atoms with Gasteiger partial charge < -0.3 is 5.11 Å². The quantitative estimate of drug-likeness (QED) is 0.648. The second kappa shape index (κ2) is 8.78. The van der Waals surface area contributed by atoms with Gasteiger partial charge in [0.05, 0.1) is 0 Å². The van der Waals surface area contributed by atoms with Crippen molar-refractivity contribution in [1.29, 1.82) is 0 Å². The number of benzene rings is 3. The van der Waals surface area contributed by atoms with Crippen LogP contribution in [-0.2, 0) is 6.42 Å². The van der Waals surface area contributed by atoms with Crippen LogP contribution in [0.1, 0.15) is 5.56 Å². The molecule has 0 spiro atoms. The molecule has 2 heteroatoms. The Kier molecular flexibility index (Phi) is 6.18. The number of rotatable bonds is 7. The number of aliphatic hydroxyl groups is 1. The molecule has 0 bridgehead atoms. The SMILES string of the molecule is OC[C@@H](Cc1ccccc1)CP(c1ccccc1)c1ccccc1. The zero-order valence-corrected chi connectivity index (χ0v) is 14.6. The maximum Gasteiger partial charge on any atom is 0.0466 e. The summed E-state index contributed by atoms with van der Waals surface area (Å²) in [5, 5.41) is 12.7. The van der Waals surface area contributed by atoms with E-state index in [1.54, 1.807) is 0 Å². The van der Waals surface area contributed by atoms with Crippen LogP contribution in [0.25, 0.3) is 0 Å². The highest BCUT2D eigenvalue weighted by Crippen LogP contribution is 2.36. The van der Waals surface area contributed by atoms with Crippen molar-refractivity contribution in [1.82, 2.24) is 0 Å². The molecule has 3 aromatic carbocycles. The van der Waals surface area contributed by atoms with Gasteiger partial charge in [-0.25, -0.2) is 0 Å². The lowest BCUT2D eigenvalue weighted by Gasteiger charge is -2.24. The highest BCUT2D eigenvalue weighted by Gasteiger charge is 2.19. The van der Waals surface area contributed by atoms with Crippen molar-refractivity contribution < 1.29 is 5.11 Å². The highest BCUT2D eigenvalue weighted by atomic mass is 31.1. The average Bonchev–Trinajstić information content (AvgIpc) is 2.67. The molecule has 0 saturated heterocycles. The topological polar surface area (TPSA) is 20.2 Å². The first-order chi connectivity index (χ1) is 11.9. The van der Waals surface area contributed by atoms with E-state index in [0.717, 1.165) is 12.6 Å². The van der Waals surface area contributed by atoms with Crippen LogP contribution in [-0.4, -0.2) is 17.9 Å². The second-order valence-electron chi connectivity index (χ2n) is 6.02. The molecule has 1 nitrogen and oxygen atoms in total. The summed E-state index contributed by atoms with van der Waals surface area (Å²) < 4.78 is 0. The summed E-state index contributed by atoms with van der Waals surface area (Å²) in [6.45, 7) is 0.230. The smallest absolute Gasteiger partial charge is 0.0466 e. The van der Waals surface area contributed by atoms with Crippen molar-refractivity contribution in [3.05, 3.63) is 96.6 Å². The predicted octanol–water partition coefficient (Wildman–Crippen LogP) is 3.97. The minimum Gasteiger partial charge on any atom is -0.396 e. The largest absolute Gasteiger partial charge is 0.396 e. The fraction of sp³-hybridized carbons (Fsp3) is 0.182. The fourth-order valence-corrected chi connectivity index (χ4v) is 5.51. The predicted molar refractivity (Wildman–Crippen MR) is 105 cm³/mol. The van der Waals surface area contributed by atoms with Gasteiger partial charge in [0.15, 0.2) is 0 Å². The monoisotopic (exact) mass is 334 g/mol. The molecule has 0 aliphatic heterocycles. The van der Waals surface area contributed by atoms with Crippen molar-refractivity contribution >= 4 is 18.5 Å². The van der Waals surface area contributed by atoms with Crippen LogP contribution >= 0.6 is 7.92 Å². The molecule has 3 aromatic rings. The van der Waals surface area contributed by atoms with Crippen LogP contribution in [0.2, 0.25) is 0 Å². The van der Waals surface area contributed by atoms with Gasteiger partial charge in [0.2, 0.25) is 0 Å². The summed E-state index contributed by atoms with van der Waals surface area (Å²) in [4.78, 5) is 0. The number of hydrogen-bond donors (Lipinski definition) is 1. The first kappa shape index (κ1) is 16.9. The van der Waals surface area contributed by atoms with Crippen molar-refractivity contribution in [2.24, 2.45) is 5.92 Å². The summed E-state index contributed by atoms with van der Waals surface area (Å²) >= 11 is 0. The normalized spacial score (nSPS) is 12.2. The van der Waals surface area contributed by atoms with E-state index in [0.29, 0.717) is 0 Å². The van der Waals surface area contributed by atoms with Gasteiger partial charge in [-0.05, 0) is 42.6 Å². The molecular formula is C22H23OP. The lowest BCUT2D eigenvalue weighted by molar-refractivity contribution is 0.239. The maximum atomic E-state index is 9.94. The van der Waals surface area contributed by atoms with Gasteiger partial charge in [-0.1, -0.05) is 91.0 Å². The van der Waals surface area contributed by atoms with E-state index < -0.39 is 7.92 Å². The molecule has 1 atom stereocenters. The Morgan fingerprint density at radius 2 is 1.12 bits per heavy atom. The Labute approximate surface area is 145 Å². The molecule has 0 aromatic heterocycles. The van der Waals surface area contributed by atoms with E-state index in [1.807, 2.05) is 6.07 Å². The third-order valence-electron chi connectivity index (χ3n) is 4.20. The molecule has 0 amide bonds. The molecule has 1 N–H and O–H groups in total.